The highest BCUT2D eigenvalue weighted by Gasteiger charge is 2.22. The molecule has 0 bridgehead atoms. The van der Waals surface area contributed by atoms with E-state index in [9.17, 15) is 18.0 Å². The highest BCUT2D eigenvalue weighted by Crippen LogP contribution is 2.24. The number of rotatable bonds is 2. The van der Waals surface area contributed by atoms with Crippen molar-refractivity contribution in [2.24, 2.45) is 0 Å². The van der Waals surface area contributed by atoms with E-state index in [2.05, 4.69) is 4.98 Å². The summed E-state index contributed by atoms with van der Waals surface area (Å²) in [5, 5.41) is 7.10. The van der Waals surface area contributed by atoms with Crippen LogP contribution in [0.25, 0.3) is 0 Å². The van der Waals surface area contributed by atoms with E-state index in [0.717, 1.165) is 0 Å². The quantitative estimate of drug-likeness (QED) is 0.739. The van der Waals surface area contributed by atoms with E-state index in [1.165, 1.54) is 6.07 Å². The van der Waals surface area contributed by atoms with Crippen molar-refractivity contribution in [1.82, 2.24) is 4.98 Å². The topological polar surface area (TPSA) is 53.8 Å². The zero-order chi connectivity index (χ0) is 11.6. The largest absolute Gasteiger partial charge is 0.274 e. The normalized spacial score (nSPS) is 10.1. The Labute approximate surface area is 87.1 Å². The minimum atomic E-state index is -3.09. The van der Waals surface area contributed by atoms with Crippen molar-refractivity contribution in [1.29, 1.82) is 5.26 Å². The zero-order valence-corrected chi connectivity index (χ0v) is 7.73. The number of pyridine rings is 1. The second-order valence-corrected chi connectivity index (χ2v) is 2.79. The minimum Gasteiger partial charge on any atom is -0.274 e. The monoisotopic (exact) mass is 234 g/mol. The fourth-order valence-corrected chi connectivity index (χ4v) is 1.06. The molecule has 0 spiro atoms. The van der Waals surface area contributed by atoms with Gasteiger partial charge in [-0.05, 0) is 17.7 Å². The summed E-state index contributed by atoms with van der Waals surface area (Å²) in [7, 11) is 0. The smallest absolute Gasteiger partial charge is 0.271 e. The Morgan fingerprint density at radius 2 is 2.20 bits per heavy atom. The average Bonchev–Trinajstić information content (AvgIpc) is 2.16. The van der Waals surface area contributed by atoms with Crippen LogP contribution in [-0.2, 0) is 0 Å². The van der Waals surface area contributed by atoms with Gasteiger partial charge in [0, 0.05) is 0 Å². The number of carbonyl (C=O) groups is 1. The Balaban J connectivity index is 3.47. The van der Waals surface area contributed by atoms with Gasteiger partial charge in [-0.3, -0.25) is 4.79 Å². The highest BCUT2D eigenvalue weighted by atomic mass is 35.5. The molecule has 0 unspecified atom stereocenters. The third-order valence-corrected chi connectivity index (χ3v) is 1.71. The molecule has 0 radical (unpaired) electrons. The van der Waals surface area contributed by atoms with Gasteiger partial charge in [0.25, 0.3) is 11.7 Å². The van der Waals surface area contributed by atoms with Crippen LogP contribution >= 0.6 is 11.6 Å². The summed E-state index contributed by atoms with van der Waals surface area (Å²) in [6, 6.07) is 1.70. The fraction of sp³-hybridized carbons (Fsp3) is 0.125. The molecule has 0 saturated heterocycles. The molecule has 78 valence electrons. The second kappa shape index (κ2) is 4.28. The molecule has 0 aliphatic heterocycles. The lowest BCUT2D eigenvalue weighted by molar-refractivity contribution is 0.106. The van der Waals surface area contributed by atoms with Crippen molar-refractivity contribution in [3.8, 4) is 6.07 Å². The first-order valence-corrected chi connectivity index (χ1v) is 3.93. The van der Waals surface area contributed by atoms with Crippen LogP contribution in [0.3, 0.4) is 0 Å². The SMILES string of the molecule is N#Cc1nc(C(=O)Cl)c(C(F)F)cc1F. The van der Waals surface area contributed by atoms with Gasteiger partial charge in [-0.15, -0.1) is 0 Å². The Morgan fingerprint density at radius 1 is 1.60 bits per heavy atom. The summed E-state index contributed by atoms with van der Waals surface area (Å²) in [4.78, 5) is 13.8. The van der Waals surface area contributed by atoms with Gasteiger partial charge in [0.1, 0.15) is 11.8 Å². The van der Waals surface area contributed by atoms with Gasteiger partial charge in [0.05, 0.1) is 5.56 Å². The molecule has 15 heavy (non-hydrogen) atoms. The zero-order valence-electron chi connectivity index (χ0n) is 6.97. The van der Waals surface area contributed by atoms with E-state index in [1.807, 2.05) is 0 Å². The molecule has 1 aromatic heterocycles. The van der Waals surface area contributed by atoms with Crippen LogP contribution in [0.5, 0.6) is 0 Å². The third kappa shape index (κ3) is 2.25. The Bertz CT molecular complexity index is 456. The molecule has 1 rings (SSSR count). The van der Waals surface area contributed by atoms with Gasteiger partial charge >= 0.3 is 0 Å². The number of halogens is 4. The van der Waals surface area contributed by atoms with Crippen LogP contribution in [0, 0.1) is 17.1 Å². The molecule has 0 atom stereocenters. The van der Waals surface area contributed by atoms with Crippen LogP contribution in [-0.4, -0.2) is 10.2 Å². The van der Waals surface area contributed by atoms with Crippen LogP contribution in [0.15, 0.2) is 6.07 Å². The molecular formula is C8H2ClF3N2O. The average molecular weight is 235 g/mol. The molecule has 0 saturated carbocycles. The van der Waals surface area contributed by atoms with E-state index >= 15 is 0 Å². The first kappa shape index (κ1) is 11.5. The Kier molecular flexibility index (Phi) is 3.27. The lowest BCUT2D eigenvalue weighted by atomic mass is 10.2. The molecule has 0 aromatic carbocycles. The van der Waals surface area contributed by atoms with Crippen LogP contribution in [0.2, 0.25) is 0 Å². The summed E-state index contributed by atoms with van der Waals surface area (Å²) < 4.78 is 37.5. The maximum atomic E-state index is 12.9. The van der Waals surface area contributed by atoms with E-state index in [0.29, 0.717) is 6.07 Å². The Hall–Kier alpha value is -1.61. The summed E-state index contributed by atoms with van der Waals surface area (Å²) in [6.07, 6.45) is -3.09. The standard InChI is InChI=1S/C8H2ClF3N2O/c9-7(15)6-3(8(11)12)1-4(10)5(2-13)14-6/h1,8H. The number of nitriles is 1. The van der Waals surface area contributed by atoms with Gasteiger partial charge in [0.15, 0.2) is 11.5 Å². The van der Waals surface area contributed by atoms with Crippen molar-refractivity contribution < 1.29 is 18.0 Å². The maximum absolute atomic E-state index is 12.9. The number of nitrogens with zero attached hydrogens (tertiary/aromatic N) is 2. The first-order valence-electron chi connectivity index (χ1n) is 3.56. The highest BCUT2D eigenvalue weighted by molar-refractivity contribution is 6.67. The molecule has 0 aliphatic rings. The third-order valence-electron chi connectivity index (χ3n) is 1.53. The number of aromatic nitrogens is 1. The summed E-state index contributed by atoms with van der Waals surface area (Å²) in [5.74, 6) is -1.21. The predicted octanol–water partition coefficient (Wildman–Crippen LogP) is 2.41. The molecule has 1 aromatic rings. The van der Waals surface area contributed by atoms with Crippen LogP contribution in [0.4, 0.5) is 13.2 Å². The van der Waals surface area contributed by atoms with Crippen LogP contribution in [0.1, 0.15) is 28.2 Å². The number of hydrogen-bond acceptors (Lipinski definition) is 3. The van der Waals surface area contributed by atoms with Crippen molar-refractivity contribution >= 4 is 16.8 Å². The van der Waals surface area contributed by atoms with Gasteiger partial charge in [-0.2, -0.15) is 5.26 Å². The molecule has 0 N–H and O–H groups in total. The predicted molar refractivity (Wildman–Crippen MR) is 44.1 cm³/mol. The van der Waals surface area contributed by atoms with E-state index < -0.39 is 34.4 Å². The molecular weight excluding hydrogens is 233 g/mol. The molecule has 7 heteroatoms. The number of hydrogen-bond donors (Lipinski definition) is 0. The fourth-order valence-electron chi connectivity index (χ4n) is 0.905. The molecule has 0 aliphatic carbocycles. The van der Waals surface area contributed by atoms with Crippen molar-refractivity contribution in [2.75, 3.05) is 0 Å². The van der Waals surface area contributed by atoms with Crippen molar-refractivity contribution in [3.05, 3.63) is 28.8 Å². The number of alkyl halides is 2. The van der Waals surface area contributed by atoms with Crippen LogP contribution < -0.4 is 0 Å². The van der Waals surface area contributed by atoms with Gasteiger partial charge in [-0.1, -0.05) is 0 Å². The lowest BCUT2D eigenvalue weighted by Crippen LogP contribution is -2.06. The summed E-state index contributed by atoms with van der Waals surface area (Å²) in [5.41, 5.74) is -2.47. The van der Waals surface area contributed by atoms with Gasteiger partial charge in [0.2, 0.25) is 0 Å². The van der Waals surface area contributed by atoms with E-state index in [1.54, 1.807) is 0 Å². The van der Waals surface area contributed by atoms with Gasteiger partial charge < -0.3 is 0 Å². The molecule has 0 fully saturated rings. The summed E-state index contributed by atoms with van der Waals surface area (Å²) >= 11 is 4.97. The van der Waals surface area contributed by atoms with Crippen molar-refractivity contribution in [3.63, 3.8) is 0 Å². The van der Waals surface area contributed by atoms with Crippen molar-refractivity contribution in [2.45, 2.75) is 6.43 Å². The minimum absolute atomic E-state index is 0.381. The Morgan fingerprint density at radius 3 is 2.60 bits per heavy atom. The second-order valence-electron chi connectivity index (χ2n) is 2.44. The molecule has 0 amide bonds. The lowest BCUT2D eigenvalue weighted by Gasteiger charge is -2.04. The van der Waals surface area contributed by atoms with E-state index in [4.69, 9.17) is 16.9 Å². The number of carbonyl (C=O) groups excluding carboxylic acids is 1. The van der Waals surface area contributed by atoms with E-state index in [-0.39, 0.29) is 0 Å². The molecule has 3 nitrogen and oxygen atoms in total. The molecule has 1 heterocycles. The first-order chi connectivity index (χ1) is 6.97. The maximum Gasteiger partial charge on any atom is 0.271 e. The summed E-state index contributed by atoms with van der Waals surface area (Å²) in [6.45, 7) is 0. The van der Waals surface area contributed by atoms with Gasteiger partial charge in [-0.25, -0.2) is 18.2 Å².